The van der Waals surface area contributed by atoms with Gasteiger partial charge in [-0.05, 0) is 50.7 Å². The van der Waals surface area contributed by atoms with Crippen molar-refractivity contribution >= 4 is 23.4 Å². The van der Waals surface area contributed by atoms with E-state index in [4.69, 9.17) is 0 Å². The number of amides is 3. The number of nitrogens with zero attached hydrogens (tertiary/aromatic N) is 3. The van der Waals surface area contributed by atoms with Crippen molar-refractivity contribution in [2.45, 2.75) is 46.0 Å². The van der Waals surface area contributed by atoms with Gasteiger partial charge < -0.3 is 14.7 Å². The number of likely N-dealkylation sites (tertiary alicyclic amines) is 2. The van der Waals surface area contributed by atoms with Crippen LogP contribution in [-0.4, -0.2) is 60.2 Å². The van der Waals surface area contributed by atoms with Crippen LogP contribution in [-0.2, 0) is 14.4 Å². The first-order valence-corrected chi connectivity index (χ1v) is 11.4. The van der Waals surface area contributed by atoms with Crippen molar-refractivity contribution in [1.29, 1.82) is 0 Å². The highest BCUT2D eigenvalue weighted by atomic mass is 16.2. The van der Waals surface area contributed by atoms with E-state index >= 15 is 0 Å². The average molecular weight is 412 g/mol. The Hall–Kier alpha value is -2.37. The summed E-state index contributed by atoms with van der Waals surface area (Å²) in [6.45, 7) is 7.70. The molecule has 0 unspecified atom stereocenters. The summed E-state index contributed by atoms with van der Waals surface area (Å²) in [6, 6.07) is 7.86. The number of aryl methyl sites for hydroxylation is 1. The average Bonchev–Trinajstić information content (AvgIpc) is 3.15. The van der Waals surface area contributed by atoms with Crippen molar-refractivity contribution in [3.8, 4) is 0 Å². The summed E-state index contributed by atoms with van der Waals surface area (Å²) in [6.07, 6.45) is 3.93. The van der Waals surface area contributed by atoms with Gasteiger partial charge in [-0.3, -0.25) is 14.4 Å². The van der Waals surface area contributed by atoms with Gasteiger partial charge in [0.2, 0.25) is 17.7 Å². The van der Waals surface area contributed by atoms with Crippen LogP contribution < -0.4 is 4.90 Å². The van der Waals surface area contributed by atoms with Gasteiger partial charge in [0, 0.05) is 50.7 Å². The Labute approximate surface area is 179 Å². The van der Waals surface area contributed by atoms with Crippen LogP contribution >= 0.6 is 0 Å². The van der Waals surface area contributed by atoms with Crippen molar-refractivity contribution in [2.75, 3.05) is 37.6 Å². The number of carbonyl (C=O) groups is 3. The topological polar surface area (TPSA) is 60.9 Å². The fourth-order valence-corrected chi connectivity index (χ4v) is 4.94. The molecular formula is C24H33N3O3. The van der Waals surface area contributed by atoms with Crippen molar-refractivity contribution in [1.82, 2.24) is 9.80 Å². The van der Waals surface area contributed by atoms with Gasteiger partial charge in [0.1, 0.15) is 0 Å². The Kier molecular flexibility index (Phi) is 6.11. The molecule has 0 N–H and O–H groups in total. The third-order valence-electron chi connectivity index (χ3n) is 7.07. The van der Waals surface area contributed by atoms with Crippen LogP contribution in [0.15, 0.2) is 24.3 Å². The lowest BCUT2D eigenvalue weighted by Crippen LogP contribution is -2.47. The molecule has 0 aliphatic carbocycles. The smallest absolute Gasteiger partial charge is 0.228 e. The van der Waals surface area contributed by atoms with Gasteiger partial charge in [-0.1, -0.05) is 24.6 Å². The van der Waals surface area contributed by atoms with Gasteiger partial charge in [-0.25, -0.2) is 0 Å². The van der Waals surface area contributed by atoms with Crippen LogP contribution in [0.5, 0.6) is 0 Å². The third-order valence-corrected chi connectivity index (χ3v) is 7.07. The first-order chi connectivity index (χ1) is 14.4. The Morgan fingerprint density at radius 2 is 1.37 bits per heavy atom. The van der Waals surface area contributed by atoms with Gasteiger partial charge in [0.15, 0.2) is 0 Å². The normalized spacial score (nSPS) is 23.9. The van der Waals surface area contributed by atoms with Crippen molar-refractivity contribution in [3.05, 3.63) is 29.8 Å². The summed E-state index contributed by atoms with van der Waals surface area (Å²) in [5.41, 5.74) is 2.01. The number of carbonyl (C=O) groups excluding carboxylic acids is 3. The second-order valence-electron chi connectivity index (χ2n) is 9.35. The molecule has 1 aromatic rings. The van der Waals surface area contributed by atoms with E-state index in [2.05, 4.69) is 6.92 Å². The molecule has 0 spiro atoms. The Morgan fingerprint density at radius 3 is 1.97 bits per heavy atom. The number of anilines is 1. The van der Waals surface area contributed by atoms with E-state index in [1.165, 1.54) is 0 Å². The van der Waals surface area contributed by atoms with Gasteiger partial charge in [-0.2, -0.15) is 0 Å². The maximum absolute atomic E-state index is 13.0. The second-order valence-corrected chi connectivity index (χ2v) is 9.35. The molecule has 0 bridgehead atoms. The highest BCUT2D eigenvalue weighted by Gasteiger charge is 2.39. The molecule has 3 amide bonds. The predicted octanol–water partition coefficient (Wildman–Crippen LogP) is 2.85. The minimum atomic E-state index is -0.283. The molecule has 0 saturated carbocycles. The molecular weight excluding hydrogens is 378 g/mol. The molecule has 3 aliphatic rings. The SMILES string of the molecule is Cc1ccc(N2C[C@H](C(=O)N3CCC(C(=O)N4CCC(C)CC4)CC3)CC2=O)cc1. The summed E-state index contributed by atoms with van der Waals surface area (Å²) >= 11 is 0. The predicted molar refractivity (Wildman–Crippen MR) is 116 cm³/mol. The second kappa shape index (κ2) is 8.78. The molecule has 3 heterocycles. The quantitative estimate of drug-likeness (QED) is 0.768. The molecule has 1 aromatic carbocycles. The molecule has 0 aromatic heterocycles. The largest absolute Gasteiger partial charge is 0.342 e. The third kappa shape index (κ3) is 4.37. The zero-order valence-electron chi connectivity index (χ0n) is 18.2. The highest BCUT2D eigenvalue weighted by molar-refractivity contribution is 6.00. The van der Waals surface area contributed by atoms with Crippen molar-refractivity contribution in [3.63, 3.8) is 0 Å². The molecule has 162 valence electrons. The molecule has 3 saturated heterocycles. The molecule has 3 aliphatic heterocycles. The fraction of sp³-hybridized carbons (Fsp3) is 0.625. The summed E-state index contributed by atoms with van der Waals surface area (Å²) in [5, 5.41) is 0. The van der Waals surface area contributed by atoms with Gasteiger partial charge >= 0.3 is 0 Å². The van der Waals surface area contributed by atoms with E-state index in [9.17, 15) is 14.4 Å². The van der Waals surface area contributed by atoms with Crippen molar-refractivity contribution < 1.29 is 14.4 Å². The van der Waals surface area contributed by atoms with Gasteiger partial charge in [-0.15, -0.1) is 0 Å². The van der Waals surface area contributed by atoms with Gasteiger partial charge in [0.25, 0.3) is 0 Å². The molecule has 0 radical (unpaired) electrons. The van der Waals surface area contributed by atoms with Crippen molar-refractivity contribution in [2.24, 2.45) is 17.8 Å². The Bertz CT molecular complexity index is 790. The standard InChI is InChI=1S/C24H33N3O3/c1-17-3-5-21(6-4-17)27-16-20(15-22(27)28)24(30)26-13-9-19(10-14-26)23(29)25-11-7-18(2)8-12-25/h3-6,18-20H,7-16H2,1-2H3/t20-/m1/s1. The number of hydrogen-bond donors (Lipinski definition) is 0. The van der Waals surface area contributed by atoms with E-state index in [-0.39, 0.29) is 36.0 Å². The van der Waals surface area contributed by atoms with Crippen LogP contribution in [0.3, 0.4) is 0 Å². The number of hydrogen-bond acceptors (Lipinski definition) is 3. The first kappa shape index (κ1) is 20.9. The lowest BCUT2D eigenvalue weighted by Gasteiger charge is -2.37. The minimum Gasteiger partial charge on any atom is -0.342 e. The van der Waals surface area contributed by atoms with E-state index in [0.717, 1.165) is 50.0 Å². The monoisotopic (exact) mass is 411 g/mol. The molecule has 4 rings (SSSR count). The Balaban J connectivity index is 1.29. The van der Waals surface area contributed by atoms with Gasteiger partial charge in [0.05, 0.1) is 5.92 Å². The lowest BCUT2D eigenvalue weighted by atomic mass is 9.92. The van der Waals surface area contributed by atoms with Crippen LogP contribution in [0.2, 0.25) is 0 Å². The maximum atomic E-state index is 13.0. The molecule has 6 heteroatoms. The van der Waals surface area contributed by atoms with E-state index in [1.807, 2.05) is 41.0 Å². The van der Waals surface area contributed by atoms with E-state index in [0.29, 0.717) is 25.6 Å². The van der Waals surface area contributed by atoms with Crippen LogP contribution in [0.1, 0.15) is 44.6 Å². The molecule has 3 fully saturated rings. The summed E-state index contributed by atoms with van der Waals surface area (Å²) in [7, 11) is 0. The van der Waals surface area contributed by atoms with E-state index in [1.54, 1.807) is 4.90 Å². The van der Waals surface area contributed by atoms with E-state index < -0.39 is 0 Å². The maximum Gasteiger partial charge on any atom is 0.228 e. The summed E-state index contributed by atoms with van der Waals surface area (Å²) < 4.78 is 0. The Morgan fingerprint density at radius 1 is 0.833 bits per heavy atom. The van der Waals surface area contributed by atoms with Crippen LogP contribution in [0.4, 0.5) is 5.69 Å². The zero-order chi connectivity index (χ0) is 21.3. The molecule has 6 nitrogen and oxygen atoms in total. The van der Waals surface area contributed by atoms with Crippen LogP contribution in [0.25, 0.3) is 0 Å². The summed E-state index contributed by atoms with van der Waals surface area (Å²) in [5.74, 6) is 0.821. The number of benzene rings is 1. The number of piperidine rings is 2. The summed E-state index contributed by atoms with van der Waals surface area (Å²) in [4.78, 5) is 44.0. The van der Waals surface area contributed by atoms with Crippen LogP contribution in [0, 0.1) is 24.7 Å². The minimum absolute atomic E-state index is 0.0154. The molecule has 1 atom stereocenters. The zero-order valence-corrected chi connectivity index (χ0v) is 18.2. The first-order valence-electron chi connectivity index (χ1n) is 11.4. The fourth-order valence-electron chi connectivity index (χ4n) is 4.94. The number of rotatable bonds is 3. The molecule has 30 heavy (non-hydrogen) atoms. The lowest BCUT2D eigenvalue weighted by molar-refractivity contribution is -0.143. The highest BCUT2D eigenvalue weighted by Crippen LogP contribution is 2.29.